The second kappa shape index (κ2) is 3.65. The average molecular weight is 227 g/mol. The second-order valence-corrected chi connectivity index (χ2v) is 3.42. The zero-order chi connectivity index (χ0) is 10.8. The molecule has 0 fully saturated rings. The van der Waals surface area contributed by atoms with Crippen molar-refractivity contribution in [2.24, 2.45) is 7.05 Å². The minimum absolute atomic E-state index is 0.374. The van der Waals surface area contributed by atoms with Crippen LogP contribution in [-0.2, 0) is 7.05 Å². The number of hydrogen-bond acceptors (Lipinski definition) is 7. The molecule has 9 nitrogen and oxygen atoms in total. The fourth-order valence-corrected chi connectivity index (χ4v) is 1.52. The zero-order valence-electron chi connectivity index (χ0n) is 7.49. The van der Waals surface area contributed by atoms with Crippen molar-refractivity contribution in [3.8, 4) is 0 Å². The maximum absolute atomic E-state index is 10.4. The molecule has 2 aromatic rings. The molecule has 2 heterocycles. The molecule has 10 heteroatoms. The summed E-state index contributed by atoms with van der Waals surface area (Å²) < 4.78 is 1.31. The van der Waals surface area contributed by atoms with Gasteiger partial charge in [0.1, 0.15) is 6.33 Å². The van der Waals surface area contributed by atoms with Crippen molar-refractivity contribution in [1.29, 1.82) is 0 Å². The van der Waals surface area contributed by atoms with Crippen LogP contribution in [0.2, 0.25) is 0 Å². The number of aryl methyl sites for hydroxylation is 1. The smallest absolute Gasteiger partial charge is 0.390 e. The van der Waals surface area contributed by atoms with Crippen LogP contribution < -0.4 is 0 Å². The van der Waals surface area contributed by atoms with E-state index in [1.165, 1.54) is 11.0 Å². The summed E-state index contributed by atoms with van der Waals surface area (Å²) in [7, 11) is 1.57. The molecule has 0 aliphatic heterocycles. The SMILES string of the molecule is Cn1nc([N+](=O)[O-])nc1Sc1ncn[nH]1. The van der Waals surface area contributed by atoms with Crippen LogP contribution in [0.15, 0.2) is 16.6 Å². The maximum atomic E-state index is 10.4. The summed E-state index contributed by atoms with van der Waals surface area (Å²) in [6.45, 7) is 0. The van der Waals surface area contributed by atoms with Gasteiger partial charge in [0.05, 0.1) is 0 Å². The Morgan fingerprint density at radius 1 is 1.67 bits per heavy atom. The van der Waals surface area contributed by atoms with Crippen LogP contribution in [0.1, 0.15) is 0 Å². The third-order valence-corrected chi connectivity index (χ3v) is 2.38. The third-order valence-electron chi connectivity index (χ3n) is 1.46. The molecule has 0 aliphatic rings. The Bertz CT molecular complexity index is 478. The lowest BCUT2D eigenvalue weighted by Crippen LogP contribution is -1.94. The van der Waals surface area contributed by atoms with E-state index in [1.54, 1.807) is 7.05 Å². The van der Waals surface area contributed by atoms with Crippen LogP contribution in [0, 0.1) is 10.1 Å². The zero-order valence-corrected chi connectivity index (χ0v) is 8.30. The highest BCUT2D eigenvalue weighted by Gasteiger charge is 2.20. The molecule has 0 aliphatic carbocycles. The van der Waals surface area contributed by atoms with Crippen LogP contribution in [0.25, 0.3) is 0 Å². The largest absolute Gasteiger partial charge is 0.492 e. The van der Waals surface area contributed by atoms with Gasteiger partial charge in [-0.1, -0.05) is 0 Å². The first kappa shape index (κ1) is 9.58. The highest BCUT2D eigenvalue weighted by Crippen LogP contribution is 2.22. The Labute approximate surface area is 87.1 Å². The van der Waals surface area contributed by atoms with E-state index in [2.05, 4.69) is 25.3 Å². The number of nitro groups is 1. The van der Waals surface area contributed by atoms with E-state index in [0.717, 1.165) is 11.8 Å². The number of nitrogens with zero attached hydrogens (tertiary/aromatic N) is 6. The second-order valence-electron chi connectivity index (χ2n) is 2.47. The van der Waals surface area contributed by atoms with E-state index in [4.69, 9.17) is 0 Å². The van der Waals surface area contributed by atoms with Gasteiger partial charge in [-0.2, -0.15) is 9.78 Å². The van der Waals surface area contributed by atoms with Crippen molar-refractivity contribution in [2.45, 2.75) is 10.3 Å². The molecule has 15 heavy (non-hydrogen) atoms. The van der Waals surface area contributed by atoms with Crippen LogP contribution in [-0.4, -0.2) is 34.9 Å². The predicted molar refractivity (Wildman–Crippen MR) is 48.2 cm³/mol. The van der Waals surface area contributed by atoms with Gasteiger partial charge in [0.2, 0.25) is 0 Å². The van der Waals surface area contributed by atoms with E-state index >= 15 is 0 Å². The molecule has 0 bridgehead atoms. The Balaban J connectivity index is 2.25. The first-order valence-electron chi connectivity index (χ1n) is 3.75. The monoisotopic (exact) mass is 227 g/mol. The van der Waals surface area contributed by atoms with Gasteiger partial charge in [0, 0.05) is 23.9 Å². The normalized spacial score (nSPS) is 10.5. The van der Waals surface area contributed by atoms with Gasteiger partial charge in [0.25, 0.3) is 5.16 Å². The van der Waals surface area contributed by atoms with E-state index < -0.39 is 10.9 Å². The summed E-state index contributed by atoms with van der Waals surface area (Å²) >= 11 is 1.11. The molecule has 0 aromatic carbocycles. The molecular weight excluding hydrogens is 222 g/mol. The van der Waals surface area contributed by atoms with E-state index in [9.17, 15) is 10.1 Å². The molecule has 2 aromatic heterocycles. The Morgan fingerprint density at radius 3 is 3.00 bits per heavy atom. The van der Waals surface area contributed by atoms with Crippen LogP contribution in [0.5, 0.6) is 0 Å². The van der Waals surface area contributed by atoms with Gasteiger partial charge >= 0.3 is 5.95 Å². The highest BCUT2D eigenvalue weighted by molar-refractivity contribution is 7.99. The molecule has 0 atom stereocenters. The molecule has 0 saturated heterocycles. The summed E-state index contributed by atoms with van der Waals surface area (Å²) in [5.41, 5.74) is 0. The Morgan fingerprint density at radius 2 is 2.47 bits per heavy atom. The standard InChI is InChI=1S/C5H5N7O2S/c1-11-5(8-3(10-11)12(13)14)15-4-6-2-7-9-4/h2H,1H3,(H,6,7,9). The molecule has 0 amide bonds. The van der Waals surface area contributed by atoms with Gasteiger partial charge in [-0.3, -0.25) is 5.10 Å². The lowest BCUT2D eigenvalue weighted by molar-refractivity contribution is -0.394. The van der Waals surface area contributed by atoms with Gasteiger partial charge in [0.15, 0.2) is 5.16 Å². The first-order chi connectivity index (χ1) is 7.16. The summed E-state index contributed by atoms with van der Waals surface area (Å²) in [4.78, 5) is 17.3. The molecule has 0 radical (unpaired) electrons. The van der Waals surface area contributed by atoms with Crippen LogP contribution >= 0.6 is 11.8 Å². The minimum Gasteiger partial charge on any atom is -0.390 e. The van der Waals surface area contributed by atoms with Crippen LogP contribution in [0.4, 0.5) is 5.95 Å². The Hall–Kier alpha value is -1.97. The molecule has 78 valence electrons. The molecular formula is C5H5N7O2S. The van der Waals surface area contributed by atoms with Crippen LogP contribution in [0.3, 0.4) is 0 Å². The van der Waals surface area contributed by atoms with Crippen molar-refractivity contribution in [3.05, 3.63) is 16.4 Å². The van der Waals surface area contributed by atoms with Crippen molar-refractivity contribution < 1.29 is 4.92 Å². The topological polar surface area (TPSA) is 115 Å². The van der Waals surface area contributed by atoms with Crippen molar-refractivity contribution >= 4 is 17.7 Å². The summed E-state index contributed by atoms with van der Waals surface area (Å²) in [5.74, 6) is -0.431. The average Bonchev–Trinajstić information content (AvgIpc) is 2.77. The lowest BCUT2D eigenvalue weighted by Gasteiger charge is -1.88. The number of rotatable bonds is 3. The number of aromatic amines is 1. The molecule has 0 spiro atoms. The number of aromatic nitrogens is 6. The van der Waals surface area contributed by atoms with Gasteiger partial charge in [-0.25, -0.2) is 4.98 Å². The lowest BCUT2D eigenvalue weighted by atomic mass is 11.1. The number of hydrogen-bond donors (Lipinski definition) is 1. The van der Waals surface area contributed by atoms with Crippen molar-refractivity contribution in [2.75, 3.05) is 0 Å². The highest BCUT2D eigenvalue weighted by atomic mass is 32.2. The van der Waals surface area contributed by atoms with Gasteiger partial charge in [-0.15, -0.1) is 0 Å². The minimum atomic E-state index is -0.648. The number of H-pyrrole nitrogens is 1. The molecule has 2 rings (SSSR count). The Kier molecular flexibility index (Phi) is 2.33. The molecule has 0 unspecified atom stereocenters. The summed E-state index contributed by atoms with van der Waals surface area (Å²) in [6, 6.07) is 0. The van der Waals surface area contributed by atoms with E-state index in [1.807, 2.05) is 0 Å². The van der Waals surface area contributed by atoms with Crippen molar-refractivity contribution in [3.63, 3.8) is 0 Å². The number of nitrogens with one attached hydrogen (secondary N) is 1. The van der Waals surface area contributed by atoms with Crippen molar-refractivity contribution in [1.82, 2.24) is 29.9 Å². The van der Waals surface area contributed by atoms with E-state index in [-0.39, 0.29) is 0 Å². The summed E-state index contributed by atoms with van der Waals surface area (Å²) in [5, 5.41) is 21.1. The van der Waals surface area contributed by atoms with E-state index in [0.29, 0.717) is 10.3 Å². The fraction of sp³-hybridized carbons (Fsp3) is 0.200. The quantitative estimate of drug-likeness (QED) is 0.579. The summed E-state index contributed by atoms with van der Waals surface area (Å²) in [6.07, 6.45) is 1.34. The fourth-order valence-electron chi connectivity index (χ4n) is 0.853. The molecule has 0 saturated carbocycles. The third kappa shape index (κ3) is 1.93. The maximum Gasteiger partial charge on any atom is 0.492 e. The first-order valence-corrected chi connectivity index (χ1v) is 4.57. The van der Waals surface area contributed by atoms with Gasteiger partial charge in [-0.05, 0) is 9.91 Å². The predicted octanol–water partition coefficient (Wildman–Crippen LogP) is -0.00740. The van der Waals surface area contributed by atoms with Gasteiger partial charge < -0.3 is 10.1 Å². The molecule has 1 N–H and O–H groups in total.